The third kappa shape index (κ3) is 5.81. The van der Waals surface area contributed by atoms with Crippen LogP contribution in [0.4, 0.5) is 17.1 Å². The smallest absolute Gasteiger partial charge is 0.135 e. The molecular weight excluding hydrogens is 655 g/mol. The summed E-state index contributed by atoms with van der Waals surface area (Å²) >= 11 is 0. The number of furan rings is 1. The molecule has 0 bridgehead atoms. The first-order valence-electron chi connectivity index (χ1n) is 33.1. The summed E-state index contributed by atoms with van der Waals surface area (Å²) < 4.78 is 320. The Balaban J connectivity index is 1.35. The standard InChI is InChI=1S/C52H35NO/c1-4-17-47-37(10-1)13-8-19-49(47)39-24-30-45(31-25-39)53(46-32-26-40(27-33-46)50-20-9-14-38-11-2-5-18-48(38)50)44-28-22-36(23-29-44)41-15-7-16-42(34-41)52-35-43-12-3-6-21-51(43)54-52/h1-35H/i1D,2D,3D,4D,5D,6D,7D,8D,9D,10D,11D,12D,13D,14D,15D,16D,17D,18D,19D,20D,21D,22D,23D,24D,25D,26D,27D,28D,29D,30D,31D,32D,33D,34D,35D. The molecule has 254 valence electrons. The molecule has 10 rings (SSSR count). The van der Waals surface area contributed by atoms with Crippen LogP contribution in [0.25, 0.3) is 77.2 Å². The van der Waals surface area contributed by atoms with Crippen molar-refractivity contribution in [2.24, 2.45) is 0 Å². The van der Waals surface area contributed by atoms with Gasteiger partial charge < -0.3 is 9.32 Å². The number of benzene rings is 9. The van der Waals surface area contributed by atoms with Gasteiger partial charge in [0, 0.05) is 28.0 Å². The zero-order valence-electron chi connectivity index (χ0n) is 61.9. The fourth-order valence-electron chi connectivity index (χ4n) is 5.37. The van der Waals surface area contributed by atoms with Crippen LogP contribution in [-0.2, 0) is 0 Å². The lowest BCUT2D eigenvalue weighted by atomic mass is 9.97. The minimum absolute atomic E-state index is 0.221. The van der Waals surface area contributed by atoms with Gasteiger partial charge in [-0.05, 0) is 109 Å². The Morgan fingerprint density at radius 3 is 1.35 bits per heavy atom. The summed E-state index contributed by atoms with van der Waals surface area (Å²) in [5.74, 6) is -0.825. The van der Waals surface area contributed by atoms with E-state index in [0.717, 1.165) is 0 Å². The maximum atomic E-state index is 9.67. The molecule has 0 saturated heterocycles. The van der Waals surface area contributed by atoms with Crippen molar-refractivity contribution < 1.29 is 52.4 Å². The van der Waals surface area contributed by atoms with Crippen LogP contribution in [0, 0.1) is 0 Å². The average Bonchev–Trinajstić information content (AvgIpc) is 1.37. The monoisotopic (exact) mass is 724 g/mol. The van der Waals surface area contributed by atoms with Crippen molar-refractivity contribution in [1.82, 2.24) is 0 Å². The van der Waals surface area contributed by atoms with E-state index < -0.39 is 306 Å². The number of nitrogens with zero attached hydrogens (tertiary/aromatic N) is 1. The summed E-state index contributed by atoms with van der Waals surface area (Å²) in [7, 11) is 0. The Bertz CT molecular complexity index is 4680. The predicted octanol–water partition coefficient (Wildman–Crippen LogP) is 14.9. The van der Waals surface area contributed by atoms with Crippen LogP contribution in [0.1, 0.15) is 48.0 Å². The summed E-state index contributed by atoms with van der Waals surface area (Å²) in [6, 6.07) is -37.7. The van der Waals surface area contributed by atoms with Crippen LogP contribution in [-0.4, -0.2) is 0 Å². The van der Waals surface area contributed by atoms with Gasteiger partial charge in [-0.15, -0.1) is 0 Å². The van der Waals surface area contributed by atoms with Crippen LogP contribution in [0.3, 0.4) is 0 Å². The molecule has 0 fully saturated rings. The van der Waals surface area contributed by atoms with E-state index >= 15 is 0 Å². The van der Waals surface area contributed by atoms with Crippen molar-refractivity contribution in [2.45, 2.75) is 0 Å². The first-order valence-corrected chi connectivity index (χ1v) is 15.6. The Kier molecular flexibility index (Phi) is 2.97. The van der Waals surface area contributed by atoms with E-state index in [-0.39, 0.29) is 4.90 Å². The van der Waals surface area contributed by atoms with E-state index in [1.807, 2.05) is 0 Å². The highest BCUT2D eigenvalue weighted by Crippen LogP contribution is 2.40. The normalized spacial score (nSPS) is 20.4. The molecule has 2 nitrogen and oxygen atoms in total. The Hall–Kier alpha value is -7.16. The quantitative estimate of drug-likeness (QED) is 0.163. The maximum absolute atomic E-state index is 9.67. The summed E-state index contributed by atoms with van der Waals surface area (Å²) in [6.45, 7) is 0. The first kappa shape index (κ1) is 11.9. The van der Waals surface area contributed by atoms with Gasteiger partial charge in [0.25, 0.3) is 0 Å². The van der Waals surface area contributed by atoms with Crippen molar-refractivity contribution in [3.8, 4) is 44.7 Å². The fraction of sp³-hybridized carbons (Fsp3) is 0. The molecule has 0 spiro atoms. The van der Waals surface area contributed by atoms with Crippen LogP contribution >= 0.6 is 0 Å². The van der Waals surface area contributed by atoms with Crippen molar-refractivity contribution in [3.63, 3.8) is 0 Å². The van der Waals surface area contributed by atoms with E-state index in [1.165, 1.54) is 0 Å². The molecule has 0 aliphatic heterocycles. The fourth-order valence-corrected chi connectivity index (χ4v) is 5.37. The highest BCUT2D eigenvalue weighted by molar-refractivity contribution is 5.98. The van der Waals surface area contributed by atoms with E-state index in [9.17, 15) is 17.8 Å². The van der Waals surface area contributed by atoms with Gasteiger partial charge >= 0.3 is 0 Å². The molecule has 10 aromatic rings. The molecular formula is C52H35NO. The number of hydrogen-bond acceptors (Lipinski definition) is 2. The number of hydrogen-bond donors (Lipinski definition) is 0. The molecule has 0 amide bonds. The largest absolute Gasteiger partial charge is 0.456 e. The molecule has 54 heavy (non-hydrogen) atoms. The van der Waals surface area contributed by atoms with Gasteiger partial charge in [-0.1, -0.05) is 157 Å². The topological polar surface area (TPSA) is 16.4 Å². The number of anilines is 3. The van der Waals surface area contributed by atoms with E-state index in [1.54, 1.807) is 0 Å². The molecule has 0 aliphatic carbocycles. The van der Waals surface area contributed by atoms with Crippen molar-refractivity contribution in [2.75, 3.05) is 4.90 Å². The van der Waals surface area contributed by atoms with Crippen LogP contribution in [0.2, 0.25) is 0 Å². The van der Waals surface area contributed by atoms with Gasteiger partial charge in [0.15, 0.2) is 0 Å². The summed E-state index contributed by atoms with van der Waals surface area (Å²) in [6.07, 6.45) is 0. The van der Waals surface area contributed by atoms with Gasteiger partial charge in [-0.3, -0.25) is 0 Å². The molecule has 0 unspecified atom stereocenters. The Morgan fingerprint density at radius 2 is 0.778 bits per heavy atom. The molecule has 0 atom stereocenters. The van der Waals surface area contributed by atoms with E-state index in [4.69, 9.17) is 34.6 Å². The minimum Gasteiger partial charge on any atom is -0.456 e. The highest BCUT2D eigenvalue weighted by atomic mass is 16.3. The summed E-state index contributed by atoms with van der Waals surface area (Å²) in [4.78, 5) is 0.221. The molecule has 1 heterocycles. The molecule has 2 heteroatoms. The van der Waals surface area contributed by atoms with E-state index in [0.29, 0.717) is 0 Å². The zero-order valence-corrected chi connectivity index (χ0v) is 26.9. The highest BCUT2D eigenvalue weighted by Gasteiger charge is 2.15. The first-order chi connectivity index (χ1) is 41.4. The van der Waals surface area contributed by atoms with Gasteiger partial charge in [0.05, 0.1) is 48.0 Å². The number of rotatable bonds is 7. The Labute approximate surface area is 364 Å². The lowest BCUT2D eigenvalue weighted by Gasteiger charge is -2.26. The van der Waals surface area contributed by atoms with Crippen molar-refractivity contribution >= 4 is 49.6 Å². The van der Waals surface area contributed by atoms with Crippen LogP contribution < -0.4 is 4.90 Å². The average molecular weight is 725 g/mol. The Morgan fingerprint density at radius 1 is 0.333 bits per heavy atom. The minimum atomic E-state index is -1.39. The van der Waals surface area contributed by atoms with Gasteiger partial charge in [0.2, 0.25) is 0 Å². The SMILES string of the molecule is [2H]c1c([2H])c(-c2oc3c([2H])c([2H])c([2H])c([2H])c3c2[2H])c([2H])c(-c2c([2H])c([2H])c(N(c3c([2H])c([2H])c(-c4c([2H])c([2H])c([2H])c5c([2H])c([2H])c([2H])c([2H])c45)c([2H])c3[2H])c3c([2H])c([2H])c(-c4c([2H])c([2H])c([2H])c5c([2H])c([2H])c([2H])c([2H])c45)c([2H])c3[2H])c([2H])c2[2H])c1[2H]. The van der Waals surface area contributed by atoms with Gasteiger partial charge in [-0.25, -0.2) is 0 Å². The summed E-state index contributed by atoms with van der Waals surface area (Å²) in [5, 5.41) is -3.34. The second-order valence-electron chi connectivity index (χ2n) is 11.0. The second-order valence-corrected chi connectivity index (χ2v) is 11.0. The van der Waals surface area contributed by atoms with Crippen molar-refractivity contribution in [1.29, 1.82) is 0 Å². The van der Waals surface area contributed by atoms with Crippen molar-refractivity contribution in [3.05, 3.63) is 211 Å². The third-order valence-electron chi connectivity index (χ3n) is 7.83. The predicted molar refractivity (Wildman–Crippen MR) is 228 cm³/mol. The summed E-state index contributed by atoms with van der Waals surface area (Å²) in [5.41, 5.74) is -11.0. The molecule has 1 aromatic heterocycles. The van der Waals surface area contributed by atoms with Crippen LogP contribution in [0.15, 0.2) is 216 Å². The van der Waals surface area contributed by atoms with E-state index in [2.05, 4.69) is 0 Å². The van der Waals surface area contributed by atoms with Gasteiger partial charge in [-0.2, -0.15) is 0 Å². The second kappa shape index (κ2) is 13.4. The molecule has 0 aliphatic rings. The number of para-hydroxylation sites is 1. The molecule has 0 radical (unpaired) electrons. The lowest BCUT2D eigenvalue weighted by molar-refractivity contribution is 0.631. The molecule has 9 aromatic carbocycles. The molecule has 0 saturated carbocycles. The lowest BCUT2D eigenvalue weighted by Crippen LogP contribution is -2.09. The maximum Gasteiger partial charge on any atom is 0.135 e. The molecule has 0 N–H and O–H groups in total. The third-order valence-corrected chi connectivity index (χ3v) is 7.83. The number of fused-ring (bicyclic) bond motifs is 3. The van der Waals surface area contributed by atoms with Gasteiger partial charge in [0.1, 0.15) is 11.3 Å². The van der Waals surface area contributed by atoms with Crippen LogP contribution in [0.5, 0.6) is 0 Å². The zero-order chi connectivity index (χ0) is 66.3.